The second-order valence-electron chi connectivity index (χ2n) is 7.13. The zero-order valence-corrected chi connectivity index (χ0v) is 16.6. The van der Waals surface area contributed by atoms with Crippen molar-refractivity contribution >= 4 is 11.8 Å². The van der Waals surface area contributed by atoms with E-state index in [-0.39, 0.29) is 5.56 Å². The summed E-state index contributed by atoms with van der Waals surface area (Å²) < 4.78 is 0. The van der Waals surface area contributed by atoms with Crippen LogP contribution in [0.2, 0.25) is 0 Å². The SMILES string of the molecule is CCC(C)Sc1nc(Cc2ccccc2)c(CN2CCCCC2)c(=O)[nH]1. The van der Waals surface area contributed by atoms with E-state index in [1.165, 1.54) is 24.8 Å². The van der Waals surface area contributed by atoms with E-state index >= 15 is 0 Å². The molecule has 140 valence electrons. The third-order valence-electron chi connectivity index (χ3n) is 5.01. The molecule has 1 atom stereocenters. The second-order valence-corrected chi connectivity index (χ2v) is 8.56. The monoisotopic (exact) mass is 371 g/mol. The van der Waals surface area contributed by atoms with Gasteiger partial charge in [0.1, 0.15) is 0 Å². The number of H-pyrrole nitrogens is 1. The molecule has 0 saturated carbocycles. The Hall–Kier alpha value is -1.59. The summed E-state index contributed by atoms with van der Waals surface area (Å²) in [5.41, 5.74) is 2.99. The Morgan fingerprint density at radius 3 is 2.62 bits per heavy atom. The molecular weight excluding hydrogens is 342 g/mol. The van der Waals surface area contributed by atoms with Gasteiger partial charge in [0.05, 0.1) is 11.3 Å². The first-order valence-corrected chi connectivity index (χ1v) is 10.6. The summed E-state index contributed by atoms with van der Waals surface area (Å²) in [5.74, 6) is 0. The Morgan fingerprint density at radius 2 is 1.92 bits per heavy atom. The average Bonchev–Trinajstić information content (AvgIpc) is 2.66. The first-order valence-electron chi connectivity index (χ1n) is 9.70. The number of aromatic nitrogens is 2. The summed E-state index contributed by atoms with van der Waals surface area (Å²) >= 11 is 1.66. The summed E-state index contributed by atoms with van der Waals surface area (Å²) in [6.07, 6.45) is 5.51. The largest absolute Gasteiger partial charge is 0.301 e. The molecule has 0 amide bonds. The molecule has 2 heterocycles. The van der Waals surface area contributed by atoms with Crippen LogP contribution in [0.3, 0.4) is 0 Å². The van der Waals surface area contributed by atoms with Gasteiger partial charge in [-0.2, -0.15) is 0 Å². The average molecular weight is 372 g/mol. The van der Waals surface area contributed by atoms with Crippen LogP contribution in [0.4, 0.5) is 0 Å². The molecule has 2 aromatic rings. The smallest absolute Gasteiger partial charge is 0.256 e. The summed E-state index contributed by atoms with van der Waals surface area (Å²) in [6, 6.07) is 10.3. The minimum absolute atomic E-state index is 0.0299. The molecule has 0 radical (unpaired) electrons. The van der Waals surface area contributed by atoms with Gasteiger partial charge in [-0.25, -0.2) is 4.98 Å². The lowest BCUT2D eigenvalue weighted by Crippen LogP contribution is -2.33. The number of aromatic amines is 1. The first kappa shape index (κ1) is 19.2. The predicted octanol–water partition coefficient (Wildman–Crippen LogP) is 4.24. The maximum Gasteiger partial charge on any atom is 0.256 e. The fourth-order valence-electron chi connectivity index (χ4n) is 3.29. The van der Waals surface area contributed by atoms with Gasteiger partial charge in [-0.1, -0.05) is 62.4 Å². The molecule has 1 aliphatic heterocycles. The fourth-order valence-corrected chi connectivity index (χ4v) is 4.15. The summed E-state index contributed by atoms with van der Waals surface area (Å²) in [4.78, 5) is 23.1. The molecule has 5 heteroatoms. The van der Waals surface area contributed by atoms with Gasteiger partial charge in [-0.3, -0.25) is 9.69 Å². The van der Waals surface area contributed by atoms with Crippen LogP contribution in [0, 0.1) is 0 Å². The van der Waals surface area contributed by atoms with Gasteiger partial charge in [-0.05, 0) is 37.9 Å². The Balaban J connectivity index is 1.90. The van der Waals surface area contributed by atoms with Crippen LogP contribution in [0.5, 0.6) is 0 Å². The molecule has 1 N–H and O–H groups in total. The maximum absolute atomic E-state index is 12.9. The molecule has 1 aliphatic rings. The standard InChI is InChI=1S/C21H29N3OS/c1-3-16(2)26-21-22-19(14-17-10-6-4-7-11-17)18(20(25)23-21)15-24-12-8-5-9-13-24/h4,6-7,10-11,16H,3,5,8-9,12-15H2,1-2H3,(H,22,23,25). The minimum Gasteiger partial charge on any atom is -0.301 e. The van der Waals surface area contributed by atoms with E-state index in [1.54, 1.807) is 11.8 Å². The van der Waals surface area contributed by atoms with Gasteiger partial charge >= 0.3 is 0 Å². The molecule has 1 unspecified atom stereocenters. The topological polar surface area (TPSA) is 49.0 Å². The highest BCUT2D eigenvalue weighted by atomic mass is 32.2. The van der Waals surface area contributed by atoms with E-state index in [9.17, 15) is 4.79 Å². The van der Waals surface area contributed by atoms with Crippen LogP contribution in [-0.2, 0) is 13.0 Å². The lowest BCUT2D eigenvalue weighted by Gasteiger charge is -2.26. The van der Waals surface area contributed by atoms with Crippen LogP contribution in [0.1, 0.15) is 56.4 Å². The van der Waals surface area contributed by atoms with Crippen LogP contribution in [0.15, 0.2) is 40.3 Å². The number of nitrogens with one attached hydrogen (secondary N) is 1. The number of rotatable bonds is 7. The van der Waals surface area contributed by atoms with Crippen molar-refractivity contribution in [3.05, 3.63) is 57.5 Å². The maximum atomic E-state index is 12.9. The molecule has 0 aliphatic carbocycles. The Morgan fingerprint density at radius 1 is 1.19 bits per heavy atom. The number of thioether (sulfide) groups is 1. The summed E-state index contributed by atoms with van der Waals surface area (Å²) in [7, 11) is 0. The molecule has 4 nitrogen and oxygen atoms in total. The van der Waals surface area contributed by atoms with Crippen molar-refractivity contribution in [3.63, 3.8) is 0 Å². The molecule has 0 spiro atoms. The molecule has 1 fully saturated rings. The highest BCUT2D eigenvalue weighted by molar-refractivity contribution is 7.99. The molecule has 3 rings (SSSR count). The molecule has 0 bridgehead atoms. The van der Waals surface area contributed by atoms with E-state index in [1.807, 2.05) is 18.2 Å². The van der Waals surface area contributed by atoms with E-state index < -0.39 is 0 Å². The lowest BCUT2D eigenvalue weighted by molar-refractivity contribution is 0.219. The number of benzene rings is 1. The van der Waals surface area contributed by atoms with Gasteiger partial charge in [0.15, 0.2) is 5.16 Å². The molecule has 26 heavy (non-hydrogen) atoms. The van der Waals surface area contributed by atoms with Crippen molar-refractivity contribution in [1.82, 2.24) is 14.9 Å². The first-order chi connectivity index (χ1) is 12.7. The van der Waals surface area contributed by atoms with Gasteiger partial charge < -0.3 is 4.98 Å². The van der Waals surface area contributed by atoms with Gasteiger partial charge in [0, 0.05) is 18.2 Å². The second kappa shape index (κ2) is 9.38. The number of likely N-dealkylation sites (tertiary alicyclic amines) is 1. The van der Waals surface area contributed by atoms with E-state index in [0.29, 0.717) is 18.2 Å². The minimum atomic E-state index is 0.0299. The van der Waals surface area contributed by atoms with Crippen molar-refractivity contribution in [1.29, 1.82) is 0 Å². The van der Waals surface area contributed by atoms with Crippen LogP contribution >= 0.6 is 11.8 Å². The zero-order chi connectivity index (χ0) is 18.4. The highest BCUT2D eigenvalue weighted by Gasteiger charge is 2.18. The van der Waals surface area contributed by atoms with Crippen molar-refractivity contribution in [2.45, 2.75) is 62.9 Å². The molecule has 1 aromatic heterocycles. The van der Waals surface area contributed by atoms with E-state index in [2.05, 4.69) is 35.9 Å². The van der Waals surface area contributed by atoms with Gasteiger partial charge in [0.25, 0.3) is 5.56 Å². The predicted molar refractivity (Wildman–Crippen MR) is 109 cm³/mol. The molecule has 1 aromatic carbocycles. The van der Waals surface area contributed by atoms with Crippen LogP contribution in [-0.4, -0.2) is 33.2 Å². The number of hydrogen-bond donors (Lipinski definition) is 1. The molecule has 1 saturated heterocycles. The Labute approximate surface area is 160 Å². The number of piperidine rings is 1. The van der Waals surface area contributed by atoms with Crippen LogP contribution in [0.25, 0.3) is 0 Å². The van der Waals surface area contributed by atoms with E-state index in [4.69, 9.17) is 4.98 Å². The van der Waals surface area contributed by atoms with Gasteiger partial charge in [-0.15, -0.1) is 0 Å². The third-order valence-corrected chi connectivity index (χ3v) is 6.16. The Kier molecular flexibility index (Phi) is 6.92. The third kappa shape index (κ3) is 5.21. The van der Waals surface area contributed by atoms with Crippen molar-refractivity contribution in [3.8, 4) is 0 Å². The lowest BCUT2D eigenvalue weighted by atomic mass is 10.0. The normalized spacial score (nSPS) is 16.5. The van der Waals surface area contributed by atoms with Crippen LogP contribution < -0.4 is 5.56 Å². The fraction of sp³-hybridized carbons (Fsp3) is 0.524. The van der Waals surface area contributed by atoms with Crippen molar-refractivity contribution < 1.29 is 0 Å². The summed E-state index contributed by atoms with van der Waals surface area (Å²) in [6.45, 7) is 7.19. The Bertz CT molecular complexity index is 754. The van der Waals surface area contributed by atoms with Crippen molar-refractivity contribution in [2.75, 3.05) is 13.1 Å². The number of hydrogen-bond acceptors (Lipinski definition) is 4. The molecular formula is C21H29N3OS. The highest BCUT2D eigenvalue weighted by Crippen LogP contribution is 2.23. The van der Waals surface area contributed by atoms with Gasteiger partial charge in [0.2, 0.25) is 0 Å². The summed E-state index contributed by atoms with van der Waals surface area (Å²) in [5, 5.41) is 1.19. The van der Waals surface area contributed by atoms with Crippen molar-refractivity contribution in [2.24, 2.45) is 0 Å². The number of nitrogens with zero attached hydrogens (tertiary/aromatic N) is 2. The zero-order valence-electron chi connectivity index (χ0n) is 15.8. The van der Waals surface area contributed by atoms with E-state index in [0.717, 1.165) is 35.9 Å². The quantitative estimate of drug-likeness (QED) is 0.584.